The van der Waals surface area contributed by atoms with Crippen LogP contribution in [0.2, 0.25) is 0 Å². The number of aliphatic hydroxyl groups excluding tert-OH is 1. The van der Waals surface area contributed by atoms with Gasteiger partial charge in [-0.1, -0.05) is 25.5 Å². The lowest BCUT2D eigenvalue weighted by Gasteiger charge is -2.57. The lowest BCUT2D eigenvalue weighted by molar-refractivity contribution is -0.127. The maximum Gasteiger partial charge on any atom is 0.133 e. The Kier molecular flexibility index (Phi) is 3.07. The van der Waals surface area contributed by atoms with E-state index in [1.807, 2.05) is 0 Å². The number of rotatable bonds is 1. The van der Waals surface area contributed by atoms with Crippen LogP contribution in [0.15, 0.2) is 11.6 Å². The summed E-state index contributed by atoms with van der Waals surface area (Å²) in [5.74, 6) is 2.73. The van der Waals surface area contributed by atoms with Crippen LogP contribution in [-0.2, 0) is 9.53 Å². The number of allylic oxidation sites excluding steroid dienone is 1. The van der Waals surface area contributed by atoms with Crippen LogP contribution < -0.4 is 0 Å². The molecule has 3 heteroatoms. The highest BCUT2D eigenvalue weighted by molar-refractivity contribution is 5.79. The van der Waals surface area contributed by atoms with E-state index in [9.17, 15) is 9.90 Å². The van der Waals surface area contributed by atoms with E-state index in [1.165, 1.54) is 24.8 Å². The van der Waals surface area contributed by atoms with Crippen molar-refractivity contribution in [2.45, 2.75) is 77.6 Å². The minimum absolute atomic E-state index is 0.0766. The predicted octanol–water partition coefficient (Wildman–Crippen LogP) is 3.50. The van der Waals surface area contributed by atoms with Crippen LogP contribution in [0.25, 0.3) is 0 Å². The minimum atomic E-state index is -0.298. The highest BCUT2D eigenvalue weighted by Crippen LogP contribution is 2.68. The van der Waals surface area contributed by atoms with Gasteiger partial charge in [-0.2, -0.15) is 0 Å². The Morgan fingerprint density at radius 3 is 2.79 bits per heavy atom. The number of aliphatic hydroxyl groups is 1. The molecule has 1 N–H and O–H groups in total. The van der Waals surface area contributed by atoms with Gasteiger partial charge in [0, 0.05) is 11.3 Å². The van der Waals surface area contributed by atoms with E-state index in [2.05, 4.69) is 19.9 Å². The van der Waals surface area contributed by atoms with Crippen LogP contribution in [-0.4, -0.2) is 29.2 Å². The molecule has 5 aliphatic rings. The Bertz CT molecular complexity index is 625. The van der Waals surface area contributed by atoms with Crippen molar-refractivity contribution in [2.75, 3.05) is 0 Å². The molecule has 5 rings (SSSR count). The van der Waals surface area contributed by atoms with Crippen LogP contribution in [0.4, 0.5) is 0 Å². The van der Waals surface area contributed by atoms with Crippen molar-refractivity contribution in [3.63, 3.8) is 0 Å². The molecular weight excluding hydrogens is 300 g/mol. The largest absolute Gasteiger partial charge is 0.390 e. The summed E-state index contributed by atoms with van der Waals surface area (Å²) in [6.07, 6.45) is 9.12. The Labute approximate surface area is 144 Å². The van der Waals surface area contributed by atoms with E-state index >= 15 is 0 Å². The lowest BCUT2D eigenvalue weighted by atomic mass is 9.47. The summed E-state index contributed by atoms with van der Waals surface area (Å²) in [7, 11) is 0. The summed E-state index contributed by atoms with van der Waals surface area (Å²) < 4.78 is 5.96. The Balaban J connectivity index is 1.51. The molecule has 132 valence electrons. The molecule has 0 spiro atoms. The minimum Gasteiger partial charge on any atom is -0.390 e. The molecule has 3 unspecified atom stereocenters. The first kappa shape index (κ1) is 15.6. The van der Waals surface area contributed by atoms with Crippen molar-refractivity contribution >= 4 is 5.78 Å². The predicted molar refractivity (Wildman–Crippen MR) is 91.3 cm³/mol. The number of fused-ring (bicyclic) bond motifs is 7. The van der Waals surface area contributed by atoms with Crippen LogP contribution in [0.1, 0.15) is 59.3 Å². The normalized spacial score (nSPS) is 58.0. The molecule has 4 aliphatic carbocycles. The number of carbonyl (C=O) groups is 1. The molecule has 1 heterocycles. The fourth-order valence-corrected chi connectivity index (χ4v) is 7.70. The molecule has 0 aromatic rings. The second-order valence-electron chi connectivity index (χ2n) is 9.70. The third-order valence-electron chi connectivity index (χ3n) is 8.95. The number of hydrogen-bond acceptors (Lipinski definition) is 3. The molecule has 1 saturated heterocycles. The molecule has 0 radical (unpaired) electrons. The topological polar surface area (TPSA) is 49.8 Å². The quantitative estimate of drug-likeness (QED) is 0.591. The number of ketones is 1. The summed E-state index contributed by atoms with van der Waals surface area (Å²) in [6.45, 7) is 6.61. The monoisotopic (exact) mass is 330 g/mol. The number of epoxide rings is 1. The summed E-state index contributed by atoms with van der Waals surface area (Å²) in [5.41, 5.74) is 1.80. The van der Waals surface area contributed by atoms with Crippen molar-refractivity contribution in [2.24, 2.45) is 34.5 Å². The van der Waals surface area contributed by atoms with E-state index < -0.39 is 0 Å². The van der Waals surface area contributed by atoms with E-state index in [-0.39, 0.29) is 35.1 Å². The van der Waals surface area contributed by atoms with E-state index in [0.29, 0.717) is 23.5 Å². The van der Waals surface area contributed by atoms with Crippen molar-refractivity contribution in [1.82, 2.24) is 0 Å². The fraction of sp³-hybridized carbons (Fsp3) is 0.857. The van der Waals surface area contributed by atoms with Crippen LogP contribution in [0.3, 0.4) is 0 Å². The van der Waals surface area contributed by atoms with Gasteiger partial charge in [0.2, 0.25) is 0 Å². The van der Waals surface area contributed by atoms with Crippen LogP contribution in [0.5, 0.6) is 0 Å². The number of hydrogen-bond donors (Lipinski definition) is 1. The first-order valence-corrected chi connectivity index (χ1v) is 9.91. The van der Waals surface area contributed by atoms with Crippen molar-refractivity contribution in [1.29, 1.82) is 0 Å². The second-order valence-corrected chi connectivity index (χ2v) is 9.70. The number of Topliss-reactive ketones (excluding diaryl/α,β-unsaturated/α-hetero) is 1. The average molecular weight is 330 g/mol. The molecule has 0 amide bonds. The fourth-order valence-electron chi connectivity index (χ4n) is 7.70. The number of ether oxygens (including phenoxy) is 1. The smallest absolute Gasteiger partial charge is 0.133 e. The van der Waals surface area contributed by atoms with Gasteiger partial charge >= 0.3 is 0 Å². The third-order valence-corrected chi connectivity index (χ3v) is 8.95. The summed E-state index contributed by atoms with van der Waals surface area (Å²) in [6, 6.07) is 0. The SMILES string of the molecule is CC(=O)[C@H]1CC[C@H]2[C@@H]3CC=C4CC(O)C5OC5[C@]4(C)[C@H]3CC[C@]12C. The first-order valence-electron chi connectivity index (χ1n) is 9.91. The molecule has 4 fully saturated rings. The van der Waals surface area contributed by atoms with Crippen molar-refractivity contribution in [3.05, 3.63) is 11.6 Å². The van der Waals surface area contributed by atoms with Crippen molar-refractivity contribution < 1.29 is 14.6 Å². The molecule has 3 saturated carbocycles. The Morgan fingerprint density at radius 2 is 2.04 bits per heavy atom. The average Bonchev–Trinajstić information content (AvgIpc) is 3.26. The van der Waals surface area contributed by atoms with Gasteiger partial charge in [-0.05, 0) is 68.6 Å². The molecule has 3 nitrogen and oxygen atoms in total. The molecule has 0 bridgehead atoms. The molecule has 9 atom stereocenters. The van der Waals surface area contributed by atoms with E-state index in [1.54, 1.807) is 6.92 Å². The van der Waals surface area contributed by atoms with Gasteiger partial charge in [0.1, 0.15) is 11.9 Å². The van der Waals surface area contributed by atoms with Gasteiger partial charge in [-0.25, -0.2) is 0 Å². The maximum atomic E-state index is 12.2. The standard InChI is InChI=1S/C21H30O3/c1-11(22)14-6-7-15-13-5-4-12-10-17(23)18-19(24-18)21(12,3)16(13)8-9-20(14,15)2/h4,13-19,23H,5-10H2,1-3H3/t13-,14+,15-,16-,17?,18?,19?,20+,21-/m0/s1. The van der Waals surface area contributed by atoms with Crippen LogP contribution in [0, 0.1) is 34.5 Å². The number of carbonyl (C=O) groups excluding carboxylic acids is 1. The highest BCUT2D eigenvalue weighted by Gasteiger charge is 2.67. The first-order chi connectivity index (χ1) is 11.4. The lowest BCUT2D eigenvalue weighted by Crippen LogP contribution is -2.53. The zero-order valence-corrected chi connectivity index (χ0v) is 15.1. The van der Waals surface area contributed by atoms with Gasteiger partial charge in [-0.3, -0.25) is 4.79 Å². The van der Waals surface area contributed by atoms with Crippen molar-refractivity contribution in [3.8, 4) is 0 Å². The molecule has 1 aliphatic heterocycles. The second kappa shape index (κ2) is 4.73. The Hall–Kier alpha value is -0.670. The summed E-state index contributed by atoms with van der Waals surface area (Å²) in [5, 5.41) is 10.3. The third kappa shape index (κ3) is 1.73. The molecular formula is C21H30O3. The van der Waals surface area contributed by atoms with Gasteiger partial charge in [0.15, 0.2) is 0 Å². The Morgan fingerprint density at radius 1 is 1.25 bits per heavy atom. The molecule has 0 aromatic carbocycles. The summed E-state index contributed by atoms with van der Waals surface area (Å²) in [4.78, 5) is 12.2. The zero-order chi connectivity index (χ0) is 16.9. The maximum absolute atomic E-state index is 12.2. The van der Waals surface area contributed by atoms with E-state index in [0.717, 1.165) is 19.3 Å². The highest BCUT2D eigenvalue weighted by atomic mass is 16.6. The van der Waals surface area contributed by atoms with Gasteiger partial charge < -0.3 is 9.84 Å². The molecule has 0 aromatic heterocycles. The zero-order valence-electron chi connectivity index (χ0n) is 15.1. The van der Waals surface area contributed by atoms with Gasteiger partial charge in [-0.15, -0.1) is 0 Å². The molecule has 24 heavy (non-hydrogen) atoms. The van der Waals surface area contributed by atoms with Gasteiger partial charge in [0.25, 0.3) is 0 Å². The van der Waals surface area contributed by atoms with Crippen LogP contribution >= 0.6 is 0 Å². The van der Waals surface area contributed by atoms with E-state index in [4.69, 9.17) is 4.74 Å². The summed E-state index contributed by atoms with van der Waals surface area (Å²) >= 11 is 0. The van der Waals surface area contributed by atoms with Gasteiger partial charge in [0.05, 0.1) is 12.2 Å².